The number of carbonyl (C=O) groups is 1. The summed E-state index contributed by atoms with van der Waals surface area (Å²) in [5.74, 6) is -0.800. The zero-order valence-electron chi connectivity index (χ0n) is 10.3. The van der Waals surface area contributed by atoms with E-state index in [1.165, 1.54) is 7.11 Å². The molecule has 0 unspecified atom stereocenters. The molecule has 0 amide bonds. The lowest BCUT2D eigenvalue weighted by molar-refractivity contribution is -0.141. The highest BCUT2D eigenvalue weighted by Crippen LogP contribution is 2.49. The lowest BCUT2D eigenvalue weighted by Gasteiger charge is -2.15. The van der Waals surface area contributed by atoms with Crippen LogP contribution in [-0.4, -0.2) is 46.1 Å². The maximum atomic E-state index is 11.7. The van der Waals surface area contributed by atoms with Gasteiger partial charge < -0.3 is 14.0 Å². The van der Waals surface area contributed by atoms with Crippen LogP contribution in [0, 0.1) is 0 Å². The Morgan fingerprint density at radius 3 is 2.18 bits per heavy atom. The predicted molar refractivity (Wildman–Crippen MR) is 59.6 cm³/mol. The third-order valence-corrected chi connectivity index (χ3v) is 3.02. The van der Waals surface area contributed by atoms with E-state index in [0.717, 1.165) is 0 Å². The van der Waals surface area contributed by atoms with Gasteiger partial charge in [0.25, 0.3) is 0 Å². The van der Waals surface area contributed by atoms with Gasteiger partial charge in [0.15, 0.2) is 0 Å². The summed E-state index contributed by atoms with van der Waals surface area (Å²) in [6.07, 6.45) is 0. The molecule has 0 aliphatic rings. The van der Waals surface area contributed by atoms with E-state index in [0.29, 0.717) is 6.61 Å². The second-order valence-corrected chi connectivity index (χ2v) is 4.38. The Morgan fingerprint density at radius 1 is 1.12 bits per heavy atom. The molecule has 0 saturated carbocycles. The van der Waals surface area contributed by atoms with Crippen molar-refractivity contribution < 1.29 is 32.4 Å². The van der Waals surface area contributed by atoms with Crippen molar-refractivity contribution in [1.82, 2.24) is 0 Å². The first-order chi connectivity index (χ1) is 8.08. The Labute approximate surface area is 101 Å². The number of rotatable bonds is 10. The second kappa shape index (κ2) is 9.56. The molecule has 0 rings (SSSR count). The Kier molecular flexibility index (Phi) is 9.30. The van der Waals surface area contributed by atoms with E-state index in [-0.39, 0.29) is 26.4 Å². The Bertz CT molecular complexity index is 246. The summed E-state index contributed by atoms with van der Waals surface area (Å²) in [6.45, 7) is 3.77. The highest BCUT2D eigenvalue weighted by atomic mass is 31.2. The maximum absolute atomic E-state index is 11.7. The molecule has 0 bridgehead atoms. The summed E-state index contributed by atoms with van der Waals surface area (Å²) in [5.41, 5.74) is 0. The van der Waals surface area contributed by atoms with E-state index < -0.39 is 13.8 Å². The van der Waals surface area contributed by atoms with Gasteiger partial charge in [-0.15, -0.1) is 0 Å². The molecule has 0 aromatic rings. The number of methoxy groups -OCH3 is 1. The van der Waals surface area contributed by atoms with Crippen LogP contribution in [0.4, 0.5) is 0 Å². The minimum absolute atomic E-state index is 0.120. The summed E-state index contributed by atoms with van der Waals surface area (Å²) < 4.78 is 35.5. The Morgan fingerprint density at radius 2 is 1.71 bits per heavy atom. The maximum Gasteiger partial charge on any atom is 0.532 e. The fraction of sp³-hybridized carbons (Fsp3) is 0.889. The number of hydrogen-bond donors (Lipinski definition) is 0. The van der Waals surface area contributed by atoms with Gasteiger partial charge in [-0.1, -0.05) is 0 Å². The van der Waals surface area contributed by atoms with E-state index in [4.69, 9.17) is 18.5 Å². The number of phosphoric ester groups is 1. The highest BCUT2D eigenvalue weighted by molar-refractivity contribution is 7.49. The number of carbonyl (C=O) groups excluding carboxylic acids is 1. The first-order valence-corrected chi connectivity index (χ1v) is 6.72. The van der Waals surface area contributed by atoms with E-state index >= 15 is 0 Å². The molecule has 0 saturated heterocycles. The van der Waals surface area contributed by atoms with Crippen molar-refractivity contribution >= 4 is 13.8 Å². The Balaban J connectivity index is 3.99. The molecule has 0 spiro atoms. The van der Waals surface area contributed by atoms with Crippen molar-refractivity contribution in [3.8, 4) is 0 Å². The molecule has 0 aromatic carbocycles. The van der Waals surface area contributed by atoms with Crippen molar-refractivity contribution in [2.45, 2.75) is 13.8 Å². The molecule has 0 N–H and O–H groups in total. The van der Waals surface area contributed by atoms with Crippen LogP contribution in [0.5, 0.6) is 0 Å². The van der Waals surface area contributed by atoms with Gasteiger partial charge in [-0.3, -0.25) is 9.05 Å². The van der Waals surface area contributed by atoms with Crippen LogP contribution < -0.4 is 0 Å². The Hall–Kier alpha value is -0.460. The van der Waals surface area contributed by atoms with Gasteiger partial charge in [-0.25, -0.2) is 9.36 Å². The fourth-order valence-electron chi connectivity index (χ4n) is 0.855. The molecule has 0 aliphatic heterocycles. The average molecular weight is 270 g/mol. The third kappa shape index (κ3) is 8.29. The van der Waals surface area contributed by atoms with Crippen LogP contribution in [0.2, 0.25) is 0 Å². The summed E-state index contributed by atoms with van der Waals surface area (Å²) in [7, 11) is -2.28. The topological polar surface area (TPSA) is 80.3 Å². The highest BCUT2D eigenvalue weighted by Gasteiger charge is 2.29. The summed E-state index contributed by atoms with van der Waals surface area (Å²) >= 11 is 0. The summed E-state index contributed by atoms with van der Waals surface area (Å²) in [5, 5.41) is 0. The van der Waals surface area contributed by atoms with Crippen LogP contribution in [0.1, 0.15) is 13.8 Å². The van der Waals surface area contributed by atoms with Crippen LogP contribution in [0.3, 0.4) is 0 Å². The fourth-order valence-corrected chi connectivity index (χ4v) is 1.97. The minimum Gasteiger partial charge on any atom is -0.382 e. The monoisotopic (exact) mass is 270 g/mol. The molecule has 17 heavy (non-hydrogen) atoms. The number of phosphoric acid groups is 1. The zero-order valence-corrected chi connectivity index (χ0v) is 11.2. The van der Waals surface area contributed by atoms with Crippen LogP contribution in [0.15, 0.2) is 0 Å². The van der Waals surface area contributed by atoms with Gasteiger partial charge >= 0.3 is 13.8 Å². The first kappa shape index (κ1) is 16.5. The largest absolute Gasteiger partial charge is 0.532 e. The third-order valence-electron chi connectivity index (χ3n) is 1.44. The molecule has 0 aromatic heterocycles. The summed E-state index contributed by atoms with van der Waals surface area (Å²) in [6, 6.07) is 0. The molecule has 0 fully saturated rings. The minimum atomic E-state index is -3.79. The smallest absolute Gasteiger partial charge is 0.382 e. The van der Waals surface area contributed by atoms with Crippen molar-refractivity contribution in [2.24, 2.45) is 0 Å². The van der Waals surface area contributed by atoms with Gasteiger partial charge in [0.05, 0.1) is 26.4 Å². The van der Waals surface area contributed by atoms with Gasteiger partial charge in [0, 0.05) is 7.11 Å². The molecule has 0 radical (unpaired) electrons. The van der Waals surface area contributed by atoms with Gasteiger partial charge in [0.2, 0.25) is 0 Å². The van der Waals surface area contributed by atoms with E-state index in [1.54, 1.807) is 13.8 Å². The quantitative estimate of drug-likeness (QED) is 0.438. The lowest BCUT2D eigenvalue weighted by atomic mass is 10.7. The SMILES string of the molecule is CCOP(=O)(OCC)OC(=O)COCCOC. The van der Waals surface area contributed by atoms with Crippen LogP contribution in [0.25, 0.3) is 0 Å². The number of hydrogen-bond acceptors (Lipinski definition) is 7. The average Bonchev–Trinajstić information content (AvgIpc) is 2.24. The van der Waals surface area contributed by atoms with Gasteiger partial charge in [0.1, 0.15) is 6.61 Å². The van der Waals surface area contributed by atoms with Crippen molar-refractivity contribution in [1.29, 1.82) is 0 Å². The van der Waals surface area contributed by atoms with Gasteiger partial charge in [-0.05, 0) is 13.8 Å². The molecular formula is C9H19O7P. The van der Waals surface area contributed by atoms with E-state index in [9.17, 15) is 9.36 Å². The lowest BCUT2D eigenvalue weighted by Crippen LogP contribution is -2.15. The van der Waals surface area contributed by atoms with Crippen molar-refractivity contribution in [2.75, 3.05) is 40.1 Å². The van der Waals surface area contributed by atoms with Gasteiger partial charge in [-0.2, -0.15) is 0 Å². The number of ether oxygens (including phenoxy) is 2. The molecule has 102 valence electrons. The molecule has 8 heteroatoms. The standard InChI is InChI=1S/C9H19O7P/c1-4-14-17(11,15-5-2)16-9(10)8-13-7-6-12-3/h4-8H2,1-3H3. The normalized spacial score (nSPS) is 11.5. The second-order valence-electron chi connectivity index (χ2n) is 2.79. The van der Waals surface area contributed by atoms with Crippen molar-refractivity contribution in [3.05, 3.63) is 0 Å². The molecule has 0 heterocycles. The van der Waals surface area contributed by atoms with Crippen LogP contribution in [-0.2, 0) is 32.4 Å². The van der Waals surface area contributed by atoms with Crippen LogP contribution >= 0.6 is 7.82 Å². The molecule has 7 nitrogen and oxygen atoms in total. The van der Waals surface area contributed by atoms with Crippen molar-refractivity contribution in [3.63, 3.8) is 0 Å². The molecule has 0 atom stereocenters. The predicted octanol–water partition coefficient (Wildman–Crippen LogP) is 1.37. The molecule has 0 aliphatic carbocycles. The van der Waals surface area contributed by atoms with E-state index in [2.05, 4.69) is 4.52 Å². The first-order valence-electron chi connectivity index (χ1n) is 5.26. The van der Waals surface area contributed by atoms with E-state index in [1.807, 2.05) is 0 Å². The summed E-state index contributed by atoms with van der Waals surface area (Å²) in [4.78, 5) is 11.3. The molecular weight excluding hydrogens is 251 g/mol. The zero-order chi connectivity index (χ0) is 13.1.